The van der Waals surface area contributed by atoms with Crippen LogP contribution in [0.2, 0.25) is 0 Å². The molecule has 20 heavy (non-hydrogen) atoms. The Morgan fingerprint density at radius 3 is 2.65 bits per heavy atom. The summed E-state index contributed by atoms with van der Waals surface area (Å²) in [6, 6.07) is 0.242. The highest BCUT2D eigenvalue weighted by Gasteiger charge is 2.25. The number of nitrogens with one attached hydrogen (secondary N) is 1. The van der Waals surface area contributed by atoms with E-state index >= 15 is 0 Å². The van der Waals surface area contributed by atoms with Crippen LogP contribution in [0, 0.1) is 11.8 Å². The highest BCUT2D eigenvalue weighted by atomic mass is 16.4. The molecule has 1 aliphatic rings. The molecule has 1 rings (SSSR count). The number of carbonyl (C=O) groups excluding carboxylic acids is 1. The summed E-state index contributed by atoms with van der Waals surface area (Å²) in [6.07, 6.45) is 5.44. The molecule has 0 radical (unpaired) electrons. The van der Waals surface area contributed by atoms with E-state index in [4.69, 9.17) is 5.11 Å². The topological polar surface area (TPSA) is 69.6 Å². The maximum absolute atomic E-state index is 12.1. The van der Waals surface area contributed by atoms with Gasteiger partial charge in [0.05, 0.1) is 0 Å². The van der Waals surface area contributed by atoms with E-state index in [1.807, 2.05) is 14.0 Å². The minimum atomic E-state index is -0.805. The van der Waals surface area contributed by atoms with Gasteiger partial charge in [-0.15, -0.1) is 0 Å². The molecular weight excluding hydrogens is 256 g/mol. The van der Waals surface area contributed by atoms with E-state index in [-0.39, 0.29) is 18.4 Å². The van der Waals surface area contributed by atoms with Crippen LogP contribution in [0.25, 0.3) is 0 Å². The van der Waals surface area contributed by atoms with Gasteiger partial charge in [0.1, 0.15) is 0 Å². The van der Waals surface area contributed by atoms with Crippen molar-refractivity contribution in [2.45, 2.75) is 58.4 Å². The van der Waals surface area contributed by atoms with Crippen molar-refractivity contribution in [3.8, 4) is 0 Å². The van der Waals surface area contributed by atoms with Crippen molar-refractivity contribution >= 4 is 12.0 Å². The molecule has 2 amide bonds. The van der Waals surface area contributed by atoms with Crippen LogP contribution in [0.4, 0.5) is 4.79 Å². The summed E-state index contributed by atoms with van der Waals surface area (Å²) in [6.45, 7) is 4.62. The predicted molar refractivity (Wildman–Crippen MR) is 78.6 cm³/mol. The minimum Gasteiger partial charge on any atom is -0.481 e. The van der Waals surface area contributed by atoms with Gasteiger partial charge in [-0.3, -0.25) is 4.79 Å². The Morgan fingerprint density at radius 2 is 2.10 bits per heavy atom. The number of urea groups is 1. The van der Waals surface area contributed by atoms with Crippen LogP contribution in [-0.2, 0) is 4.79 Å². The lowest BCUT2D eigenvalue weighted by Gasteiger charge is -2.34. The van der Waals surface area contributed by atoms with Gasteiger partial charge < -0.3 is 15.3 Å². The number of nitrogens with zero attached hydrogens (tertiary/aromatic N) is 1. The lowest BCUT2D eigenvalue weighted by molar-refractivity contribution is -0.138. The second-order valence-corrected chi connectivity index (χ2v) is 6.09. The van der Waals surface area contributed by atoms with Gasteiger partial charge in [-0.1, -0.05) is 33.1 Å². The van der Waals surface area contributed by atoms with Crippen molar-refractivity contribution in [1.29, 1.82) is 0 Å². The van der Waals surface area contributed by atoms with Gasteiger partial charge in [-0.25, -0.2) is 4.79 Å². The monoisotopic (exact) mass is 284 g/mol. The average Bonchev–Trinajstić information content (AvgIpc) is 2.41. The molecule has 0 spiro atoms. The fraction of sp³-hybridized carbons (Fsp3) is 0.867. The summed E-state index contributed by atoms with van der Waals surface area (Å²) in [5.41, 5.74) is 0. The molecule has 3 unspecified atom stereocenters. The summed E-state index contributed by atoms with van der Waals surface area (Å²) >= 11 is 0. The predicted octanol–water partition coefficient (Wildman–Crippen LogP) is 2.71. The molecule has 1 aliphatic carbocycles. The van der Waals surface area contributed by atoms with E-state index in [2.05, 4.69) is 12.2 Å². The molecule has 0 aliphatic heterocycles. The van der Waals surface area contributed by atoms with Crippen LogP contribution < -0.4 is 5.32 Å². The van der Waals surface area contributed by atoms with E-state index in [0.717, 1.165) is 19.3 Å². The van der Waals surface area contributed by atoms with Gasteiger partial charge in [-0.2, -0.15) is 0 Å². The first-order chi connectivity index (χ1) is 9.43. The number of hydrogen-bond donors (Lipinski definition) is 2. The van der Waals surface area contributed by atoms with E-state index in [1.165, 1.54) is 12.8 Å². The Morgan fingerprint density at radius 1 is 1.40 bits per heavy atom. The normalized spacial score (nSPS) is 23.9. The molecule has 0 heterocycles. The van der Waals surface area contributed by atoms with Gasteiger partial charge in [0.25, 0.3) is 0 Å². The van der Waals surface area contributed by atoms with Crippen LogP contribution in [0.15, 0.2) is 0 Å². The van der Waals surface area contributed by atoms with Gasteiger partial charge in [0, 0.05) is 26.1 Å². The molecule has 5 heteroatoms. The first-order valence-corrected chi connectivity index (χ1v) is 7.66. The highest BCUT2D eigenvalue weighted by molar-refractivity contribution is 5.74. The maximum Gasteiger partial charge on any atom is 0.317 e. The third kappa shape index (κ3) is 5.39. The fourth-order valence-electron chi connectivity index (χ4n) is 2.88. The average molecular weight is 284 g/mol. The van der Waals surface area contributed by atoms with Crippen LogP contribution in [-0.4, -0.2) is 41.6 Å². The summed E-state index contributed by atoms with van der Waals surface area (Å²) < 4.78 is 0. The van der Waals surface area contributed by atoms with Crippen LogP contribution in [0.3, 0.4) is 0 Å². The van der Waals surface area contributed by atoms with Crippen molar-refractivity contribution in [3.05, 3.63) is 0 Å². The Labute approximate surface area is 121 Å². The Balaban J connectivity index is 2.38. The quantitative estimate of drug-likeness (QED) is 0.788. The number of carboxylic acids is 1. The maximum atomic E-state index is 12.1. The fourth-order valence-corrected chi connectivity index (χ4v) is 2.88. The first kappa shape index (κ1) is 16.8. The first-order valence-electron chi connectivity index (χ1n) is 7.66. The van der Waals surface area contributed by atoms with E-state index in [1.54, 1.807) is 4.90 Å². The zero-order valence-electron chi connectivity index (χ0n) is 12.9. The number of hydrogen-bond acceptors (Lipinski definition) is 2. The summed E-state index contributed by atoms with van der Waals surface area (Å²) in [4.78, 5) is 24.6. The molecule has 3 atom stereocenters. The number of carbonyl (C=O) groups is 2. The molecule has 1 saturated carbocycles. The Kier molecular flexibility index (Phi) is 6.82. The van der Waals surface area contributed by atoms with Gasteiger partial charge in [-0.05, 0) is 24.7 Å². The molecule has 5 nitrogen and oxygen atoms in total. The number of carboxylic acid groups (broad SMARTS) is 1. The van der Waals surface area contributed by atoms with Crippen LogP contribution in [0.5, 0.6) is 0 Å². The number of rotatable bonds is 6. The van der Waals surface area contributed by atoms with Crippen LogP contribution >= 0.6 is 0 Å². The molecule has 0 bridgehead atoms. The van der Waals surface area contributed by atoms with E-state index in [0.29, 0.717) is 18.5 Å². The Bertz CT molecular complexity index is 333. The van der Waals surface area contributed by atoms with Gasteiger partial charge in [0.15, 0.2) is 0 Å². The lowest BCUT2D eigenvalue weighted by atomic mass is 9.86. The molecule has 116 valence electrons. The third-order valence-corrected chi connectivity index (χ3v) is 4.36. The molecular formula is C15H28N2O3. The second kappa shape index (κ2) is 8.12. The summed E-state index contributed by atoms with van der Waals surface area (Å²) in [5, 5.41) is 11.7. The molecule has 2 N–H and O–H groups in total. The van der Waals surface area contributed by atoms with Crippen molar-refractivity contribution in [2.75, 3.05) is 13.6 Å². The Hall–Kier alpha value is -1.26. The number of amides is 2. The lowest BCUT2D eigenvalue weighted by Crippen LogP contribution is -2.46. The smallest absolute Gasteiger partial charge is 0.317 e. The molecule has 0 aromatic carbocycles. The largest absolute Gasteiger partial charge is 0.481 e. The molecule has 0 saturated heterocycles. The standard InChI is InChI=1S/C15H28N2O3/c1-4-12(9-14(18)19)10-16-15(20)17(3)13-7-5-6-11(2)8-13/h11-13H,4-10H2,1-3H3,(H,16,20)(H,18,19). The third-order valence-electron chi connectivity index (χ3n) is 4.36. The van der Waals surface area contributed by atoms with Crippen molar-refractivity contribution in [1.82, 2.24) is 10.2 Å². The second-order valence-electron chi connectivity index (χ2n) is 6.09. The molecule has 0 aromatic rings. The van der Waals surface area contributed by atoms with Gasteiger partial charge >= 0.3 is 12.0 Å². The van der Waals surface area contributed by atoms with Crippen molar-refractivity contribution in [2.24, 2.45) is 11.8 Å². The summed E-state index contributed by atoms with van der Waals surface area (Å²) in [5.74, 6) is -0.116. The minimum absolute atomic E-state index is 0.00938. The summed E-state index contributed by atoms with van der Waals surface area (Å²) in [7, 11) is 1.84. The van der Waals surface area contributed by atoms with Gasteiger partial charge in [0.2, 0.25) is 0 Å². The van der Waals surface area contributed by atoms with Crippen molar-refractivity contribution in [3.63, 3.8) is 0 Å². The SMILES string of the molecule is CCC(CNC(=O)N(C)C1CCCC(C)C1)CC(=O)O. The highest BCUT2D eigenvalue weighted by Crippen LogP contribution is 2.26. The zero-order valence-corrected chi connectivity index (χ0v) is 12.9. The van der Waals surface area contributed by atoms with E-state index in [9.17, 15) is 9.59 Å². The van der Waals surface area contributed by atoms with Crippen molar-refractivity contribution < 1.29 is 14.7 Å². The van der Waals surface area contributed by atoms with Crippen LogP contribution in [0.1, 0.15) is 52.4 Å². The molecule has 1 fully saturated rings. The zero-order chi connectivity index (χ0) is 15.1. The number of aliphatic carboxylic acids is 1. The molecule has 0 aromatic heterocycles. The van der Waals surface area contributed by atoms with E-state index < -0.39 is 5.97 Å².